The standard InChI is InChI=1S/C48H28O2/c1-3-17-31-29(13-1)15-11-24-33(31)41-28-49-48-40(27-43-46(47(41)48)39-23-9-10-26-42(39)50-43)45-37-21-7-5-19-35(37)44(36-20-6-8-22-38(36)45)34-25-12-16-30-14-2-4-18-32(30)34/h1-28H. The van der Waals surface area contributed by atoms with Gasteiger partial charge in [-0.15, -0.1) is 0 Å². The summed E-state index contributed by atoms with van der Waals surface area (Å²) in [5.41, 5.74) is 9.43. The summed E-state index contributed by atoms with van der Waals surface area (Å²) in [5.74, 6) is 0. The third-order valence-corrected chi connectivity index (χ3v) is 10.5. The molecule has 0 aliphatic rings. The van der Waals surface area contributed by atoms with Gasteiger partial charge in [0.2, 0.25) is 0 Å². The van der Waals surface area contributed by atoms with Gasteiger partial charge in [-0.3, -0.25) is 0 Å². The minimum atomic E-state index is 0.850. The number of rotatable bonds is 3. The lowest BCUT2D eigenvalue weighted by Gasteiger charge is -2.19. The normalized spacial score (nSPS) is 12.0. The smallest absolute Gasteiger partial charge is 0.143 e. The first-order chi connectivity index (χ1) is 24.8. The van der Waals surface area contributed by atoms with Gasteiger partial charge >= 0.3 is 0 Å². The van der Waals surface area contributed by atoms with E-state index in [4.69, 9.17) is 8.83 Å². The van der Waals surface area contributed by atoms with Crippen LogP contribution in [0.2, 0.25) is 0 Å². The quantitative estimate of drug-likeness (QED) is 0.180. The molecule has 11 rings (SSSR count). The van der Waals surface area contributed by atoms with Crippen LogP contribution in [0.25, 0.3) is 109 Å². The number of hydrogen-bond donors (Lipinski definition) is 0. The van der Waals surface area contributed by atoms with Crippen LogP contribution in [0.1, 0.15) is 0 Å². The lowest BCUT2D eigenvalue weighted by atomic mass is 9.84. The maximum absolute atomic E-state index is 6.79. The van der Waals surface area contributed by atoms with E-state index in [2.05, 4.69) is 158 Å². The molecule has 0 saturated heterocycles. The fraction of sp³-hybridized carbons (Fsp3) is 0. The van der Waals surface area contributed by atoms with E-state index < -0.39 is 0 Å². The Balaban J connectivity index is 1.32. The molecule has 0 spiro atoms. The van der Waals surface area contributed by atoms with Crippen molar-refractivity contribution in [1.29, 1.82) is 0 Å². The van der Waals surface area contributed by atoms with Gasteiger partial charge in [0.1, 0.15) is 16.7 Å². The predicted molar refractivity (Wildman–Crippen MR) is 210 cm³/mol. The Hall–Kier alpha value is -6.64. The maximum atomic E-state index is 6.79. The maximum Gasteiger partial charge on any atom is 0.143 e. The average molecular weight is 637 g/mol. The highest BCUT2D eigenvalue weighted by molar-refractivity contribution is 6.30. The Morgan fingerprint density at radius 2 is 0.800 bits per heavy atom. The summed E-state index contributed by atoms with van der Waals surface area (Å²) >= 11 is 0. The minimum Gasteiger partial charge on any atom is -0.463 e. The van der Waals surface area contributed by atoms with Crippen LogP contribution in [0.4, 0.5) is 0 Å². The molecule has 0 amide bonds. The van der Waals surface area contributed by atoms with E-state index in [1.807, 2.05) is 12.3 Å². The first-order valence-electron chi connectivity index (χ1n) is 17.1. The summed E-state index contributed by atoms with van der Waals surface area (Å²) in [4.78, 5) is 0. The fourth-order valence-electron chi connectivity index (χ4n) is 8.42. The molecular formula is C48H28O2. The average Bonchev–Trinajstić information content (AvgIpc) is 3.78. The molecular weight excluding hydrogens is 609 g/mol. The van der Waals surface area contributed by atoms with E-state index >= 15 is 0 Å². The highest BCUT2D eigenvalue weighted by atomic mass is 16.3. The predicted octanol–water partition coefficient (Wildman–Crippen LogP) is 13.9. The largest absolute Gasteiger partial charge is 0.463 e. The molecule has 0 aliphatic heterocycles. The van der Waals surface area contributed by atoms with Crippen LogP contribution in [0.3, 0.4) is 0 Å². The Morgan fingerprint density at radius 3 is 1.44 bits per heavy atom. The second-order valence-electron chi connectivity index (χ2n) is 13.1. The van der Waals surface area contributed by atoms with Gasteiger partial charge in [-0.2, -0.15) is 0 Å². The molecule has 0 N–H and O–H groups in total. The summed E-state index contributed by atoms with van der Waals surface area (Å²) in [6, 6.07) is 58.6. The molecule has 0 radical (unpaired) electrons. The zero-order chi connectivity index (χ0) is 32.8. The van der Waals surface area contributed by atoms with Gasteiger partial charge in [0.15, 0.2) is 0 Å². The van der Waals surface area contributed by atoms with Crippen LogP contribution < -0.4 is 0 Å². The van der Waals surface area contributed by atoms with E-state index in [-0.39, 0.29) is 0 Å². The van der Waals surface area contributed by atoms with Crippen molar-refractivity contribution < 1.29 is 8.83 Å². The number of hydrogen-bond acceptors (Lipinski definition) is 2. The lowest BCUT2D eigenvalue weighted by Crippen LogP contribution is -1.92. The van der Waals surface area contributed by atoms with Crippen molar-refractivity contribution >= 4 is 76.0 Å². The Labute approximate surface area is 287 Å². The van der Waals surface area contributed by atoms with Crippen molar-refractivity contribution in [3.8, 4) is 33.4 Å². The molecule has 0 fully saturated rings. The number of fused-ring (bicyclic) bond motifs is 9. The van der Waals surface area contributed by atoms with E-state index in [0.29, 0.717) is 0 Å². The summed E-state index contributed by atoms with van der Waals surface area (Å²) in [6.45, 7) is 0. The Morgan fingerprint density at radius 1 is 0.320 bits per heavy atom. The first-order valence-corrected chi connectivity index (χ1v) is 17.1. The van der Waals surface area contributed by atoms with Gasteiger partial charge in [-0.05, 0) is 71.9 Å². The summed E-state index contributed by atoms with van der Waals surface area (Å²) in [7, 11) is 0. The van der Waals surface area contributed by atoms with Crippen molar-refractivity contribution in [2.24, 2.45) is 0 Å². The zero-order valence-corrected chi connectivity index (χ0v) is 27.0. The number of furan rings is 2. The fourth-order valence-corrected chi connectivity index (χ4v) is 8.42. The second-order valence-corrected chi connectivity index (χ2v) is 13.1. The highest BCUT2D eigenvalue weighted by Gasteiger charge is 2.25. The van der Waals surface area contributed by atoms with Crippen molar-refractivity contribution in [1.82, 2.24) is 0 Å². The molecule has 11 aromatic rings. The molecule has 0 aliphatic carbocycles. The molecule has 2 heteroatoms. The molecule has 2 heterocycles. The lowest BCUT2D eigenvalue weighted by molar-refractivity contribution is 0.617. The Kier molecular flexibility index (Phi) is 5.70. The van der Waals surface area contributed by atoms with Crippen molar-refractivity contribution in [3.05, 3.63) is 170 Å². The molecule has 0 bridgehead atoms. The van der Waals surface area contributed by atoms with Crippen LogP contribution in [0, 0.1) is 0 Å². The van der Waals surface area contributed by atoms with Crippen molar-refractivity contribution in [3.63, 3.8) is 0 Å². The first kappa shape index (κ1) is 27.3. The monoisotopic (exact) mass is 636 g/mol. The third kappa shape index (κ3) is 3.79. The van der Waals surface area contributed by atoms with Crippen LogP contribution in [-0.4, -0.2) is 0 Å². The van der Waals surface area contributed by atoms with Gasteiger partial charge in [0.25, 0.3) is 0 Å². The molecule has 232 valence electrons. The zero-order valence-electron chi connectivity index (χ0n) is 27.0. The van der Waals surface area contributed by atoms with Gasteiger partial charge in [0, 0.05) is 32.8 Å². The second kappa shape index (κ2) is 10.4. The van der Waals surface area contributed by atoms with Gasteiger partial charge in [-0.1, -0.05) is 152 Å². The van der Waals surface area contributed by atoms with Gasteiger partial charge in [-0.25, -0.2) is 0 Å². The van der Waals surface area contributed by atoms with E-state index in [1.54, 1.807) is 0 Å². The summed E-state index contributed by atoms with van der Waals surface area (Å²) in [6.07, 6.45) is 1.95. The van der Waals surface area contributed by atoms with E-state index in [1.165, 1.54) is 54.2 Å². The van der Waals surface area contributed by atoms with Crippen molar-refractivity contribution in [2.45, 2.75) is 0 Å². The van der Waals surface area contributed by atoms with Gasteiger partial charge in [0.05, 0.1) is 6.26 Å². The number of para-hydroxylation sites is 1. The minimum absolute atomic E-state index is 0.850. The van der Waals surface area contributed by atoms with Crippen LogP contribution in [0.5, 0.6) is 0 Å². The van der Waals surface area contributed by atoms with Gasteiger partial charge < -0.3 is 8.83 Å². The van der Waals surface area contributed by atoms with Crippen molar-refractivity contribution in [2.75, 3.05) is 0 Å². The molecule has 50 heavy (non-hydrogen) atoms. The SMILES string of the molecule is c1ccc2c(-c3c4ccccc4c(-c4cc5oc6ccccc6c5c5c(-c6cccc7ccccc67)coc45)c4ccccc34)cccc2c1. The topological polar surface area (TPSA) is 26.3 Å². The highest BCUT2D eigenvalue weighted by Crippen LogP contribution is 2.51. The third-order valence-electron chi connectivity index (χ3n) is 10.5. The molecule has 0 atom stereocenters. The van der Waals surface area contributed by atoms with Crippen LogP contribution >= 0.6 is 0 Å². The molecule has 0 unspecified atom stereocenters. The molecule has 9 aromatic carbocycles. The number of benzene rings is 9. The molecule has 2 aromatic heterocycles. The van der Waals surface area contributed by atoms with E-state index in [0.717, 1.165) is 55.2 Å². The van der Waals surface area contributed by atoms with Crippen LogP contribution in [-0.2, 0) is 0 Å². The molecule has 0 saturated carbocycles. The van der Waals surface area contributed by atoms with E-state index in [9.17, 15) is 0 Å². The Bertz CT molecular complexity index is 3090. The van der Waals surface area contributed by atoms with Crippen LogP contribution in [0.15, 0.2) is 179 Å². The molecule has 2 nitrogen and oxygen atoms in total. The summed E-state index contributed by atoms with van der Waals surface area (Å²) in [5, 5.41) is 12.9. The summed E-state index contributed by atoms with van der Waals surface area (Å²) < 4.78 is 13.5.